The largest absolute Gasteiger partial charge is 2.00 e. The normalized spacial score (nSPS) is 8.47. The van der Waals surface area contributed by atoms with Gasteiger partial charge < -0.3 is 4.12 Å². The second-order valence-electron chi connectivity index (χ2n) is 20.4. The van der Waals surface area contributed by atoms with Gasteiger partial charge in [0.1, 0.15) is 0 Å². The molecule has 0 atom stereocenters. The summed E-state index contributed by atoms with van der Waals surface area (Å²) in [6, 6.07) is 76.0. The number of hydrogen-bond acceptors (Lipinski definition) is 13. The first-order valence-electron chi connectivity index (χ1n) is 30.3. The molecule has 0 aromatic heterocycles. The van der Waals surface area contributed by atoms with Crippen LogP contribution in [0.4, 0.5) is 0 Å². The summed E-state index contributed by atoms with van der Waals surface area (Å²) in [5.41, 5.74) is 0. The molecule has 6 rings (SSSR count). The Labute approximate surface area is 682 Å². The minimum Gasteiger partial charge on any atom is -0.454 e. The minimum atomic E-state index is -2.00. The Hall–Kier alpha value is -5.92. The zero-order valence-electron chi connectivity index (χ0n) is 62.1. The quantitative estimate of drug-likeness (QED) is 0.0823. The summed E-state index contributed by atoms with van der Waals surface area (Å²) in [6.07, 6.45) is 0.452. The molecule has 564 valence electrons. The van der Waals surface area contributed by atoms with E-state index in [9.17, 15) is 57.5 Å². The molecule has 0 aliphatic heterocycles. The van der Waals surface area contributed by atoms with Gasteiger partial charge in [-0.25, -0.2) is 0 Å². The van der Waals surface area contributed by atoms with Crippen LogP contribution in [0.3, 0.4) is 0 Å². The molecule has 6 aromatic carbocycles. The Kier molecular flexibility index (Phi) is 99.2. The van der Waals surface area contributed by atoms with Crippen LogP contribution in [0.5, 0.6) is 0 Å². The summed E-state index contributed by atoms with van der Waals surface area (Å²) in [5, 5.41) is 0. The molecule has 0 fully saturated rings. The van der Waals surface area contributed by atoms with Gasteiger partial charge in [0.2, 0.25) is 70.9 Å². The van der Waals surface area contributed by atoms with Crippen LogP contribution < -0.4 is 0 Å². The van der Waals surface area contributed by atoms with E-state index in [4.69, 9.17) is 4.12 Å². The predicted octanol–water partition coefficient (Wildman–Crippen LogP) is 15.2. The van der Waals surface area contributed by atoms with Crippen molar-refractivity contribution in [3.05, 3.63) is 218 Å². The summed E-state index contributed by atoms with van der Waals surface area (Å²) in [5.74, 6) is -2.50. The van der Waals surface area contributed by atoms with Gasteiger partial charge in [-0.15, -0.1) is 0 Å². The van der Waals surface area contributed by atoms with Crippen molar-refractivity contribution in [2.75, 3.05) is 40.4 Å². The molecule has 6 aromatic rings. The Morgan fingerprint density at radius 1 is 0.284 bits per heavy atom. The summed E-state index contributed by atoms with van der Waals surface area (Å²) in [6.45, 7) is 31.5. The van der Waals surface area contributed by atoms with Crippen LogP contribution in [-0.4, -0.2) is 157 Å². The van der Waals surface area contributed by atoms with Gasteiger partial charge in [0, 0.05) is 161 Å². The monoisotopic (exact) mass is 2180 g/mol. The van der Waals surface area contributed by atoms with Crippen molar-refractivity contribution in [2.24, 2.45) is 0 Å². The number of carbonyl (C=O) groups excluding carboxylic acids is 12. The van der Waals surface area contributed by atoms with Crippen LogP contribution in [0, 0.1) is 36.4 Å². The number of halogens is 2. The van der Waals surface area contributed by atoms with E-state index in [2.05, 4.69) is 107 Å². The first-order valence-corrected chi connectivity index (χ1v) is 42.8. The van der Waals surface area contributed by atoms with E-state index in [0.29, 0.717) is 19.3 Å². The summed E-state index contributed by atoms with van der Waals surface area (Å²) >= 11 is 4.24. The molecule has 12 amide bonds. The molecule has 0 heterocycles. The van der Waals surface area contributed by atoms with Crippen molar-refractivity contribution in [1.82, 2.24) is 29.4 Å². The average Bonchev–Trinajstić information content (AvgIpc) is 0.848. The standard InChI is InChI=1S/C11H25NO3Si2.2C6H11NO2.6C6H5.3C5H9NO2.2CH4.I2.3W/c1-8-16(4,5)15-17(6,7)9-12(10(2)13)11(3)14;2*1-4-7(5(2)8)6(3)9;6*1-2-4-6-5-3-1;3*1-4(7)6(3)5(2)8;;;1-2;;;/h8-9H2,1-7H3;2*4H2,1-3H3;6*1-5H;3*1-3H3;2*1H4;;;;/q;;;6*-1;;;;;;;3*+2. The average molecular weight is 2180 g/mol. The van der Waals surface area contributed by atoms with Crippen LogP contribution in [0.15, 0.2) is 182 Å². The molecule has 0 aliphatic rings. The van der Waals surface area contributed by atoms with Crippen LogP contribution in [0.25, 0.3) is 0 Å². The molecular weight excluding hydrogens is 2070 g/mol. The van der Waals surface area contributed by atoms with E-state index in [-0.39, 0.29) is 149 Å². The third-order valence-corrected chi connectivity index (χ3v) is 18.5. The Morgan fingerprint density at radius 2 is 0.431 bits per heavy atom. The van der Waals surface area contributed by atoms with Crippen LogP contribution >= 0.6 is 37.2 Å². The van der Waals surface area contributed by atoms with Gasteiger partial charge in [0.25, 0.3) is 0 Å². The van der Waals surface area contributed by atoms with E-state index in [0.717, 1.165) is 20.7 Å². The SMILES string of the molecule is C.C.CC(=O)N(C)C(C)=O.CC(=O)N(C)C(C)=O.CC(=O)N(C)C(C)=O.CCN(C(C)=O)C(C)=O.CCN(C(C)=O)C(C)=O.CC[Si](C)(C)O[Si](C)(C)CN(C(C)=O)C(C)=O.II.[W+2].[W+2].[W+2].[c-]1ccccc1.[c-]1ccccc1.[c-]1ccccc1.[c-]1ccccc1.[c-]1ccccc1.[c-]1ccccc1. The summed E-state index contributed by atoms with van der Waals surface area (Å²) in [4.78, 5) is 133. The van der Waals surface area contributed by atoms with Gasteiger partial charge in [-0.05, 0) is 46.1 Å². The van der Waals surface area contributed by atoms with E-state index >= 15 is 0 Å². The van der Waals surface area contributed by atoms with Crippen molar-refractivity contribution in [2.45, 2.75) is 151 Å². The van der Waals surface area contributed by atoms with E-state index < -0.39 is 16.6 Å². The molecule has 19 nitrogen and oxygen atoms in total. The number of amides is 12. The number of benzene rings is 6. The molecule has 0 spiro atoms. The smallest absolute Gasteiger partial charge is 0.454 e. The Morgan fingerprint density at radius 3 is 0.490 bits per heavy atom. The zero-order valence-corrected chi connectivity index (χ0v) is 77.2. The second-order valence-corrected chi connectivity index (χ2v) is 29.3. The van der Waals surface area contributed by atoms with Gasteiger partial charge in [0.05, 0.1) is 0 Å². The Balaban J connectivity index is -0.0000000872. The van der Waals surface area contributed by atoms with Crippen LogP contribution in [0.2, 0.25) is 32.2 Å². The topological polar surface area (TPSA) is 234 Å². The fourth-order valence-corrected chi connectivity index (χ4v) is 13.8. The molecule has 0 radical (unpaired) electrons. The maximum atomic E-state index is 11.4. The maximum Gasteiger partial charge on any atom is 2.00 e. The maximum absolute atomic E-state index is 11.4. The Bertz CT molecular complexity index is 2410. The van der Waals surface area contributed by atoms with E-state index in [1.54, 1.807) is 13.8 Å². The number of nitrogens with zero attached hydrogens (tertiary/aromatic N) is 6. The summed E-state index contributed by atoms with van der Waals surface area (Å²) < 4.78 is 6.24. The molecular formula is C76H112I2N6O13Si2W3. The van der Waals surface area contributed by atoms with E-state index in [1.807, 2.05) is 182 Å². The molecule has 0 bridgehead atoms. The van der Waals surface area contributed by atoms with Crippen molar-refractivity contribution in [3.63, 3.8) is 0 Å². The second kappa shape index (κ2) is 82.4. The molecule has 26 heteroatoms. The molecule has 0 aliphatic carbocycles. The van der Waals surface area contributed by atoms with Gasteiger partial charge in [0.15, 0.2) is 16.6 Å². The van der Waals surface area contributed by atoms with Crippen molar-refractivity contribution >= 4 is 125 Å². The molecule has 0 saturated heterocycles. The summed E-state index contributed by atoms with van der Waals surface area (Å²) in [7, 11) is 0.708. The first-order chi connectivity index (χ1) is 45.3. The van der Waals surface area contributed by atoms with Gasteiger partial charge in [-0.1, -0.05) is 21.8 Å². The number of imide groups is 6. The van der Waals surface area contributed by atoms with Crippen molar-refractivity contribution in [1.29, 1.82) is 0 Å². The first kappa shape index (κ1) is 123. The van der Waals surface area contributed by atoms with Crippen molar-refractivity contribution < 1.29 is 125 Å². The van der Waals surface area contributed by atoms with Crippen LogP contribution in [-0.2, 0) is 125 Å². The van der Waals surface area contributed by atoms with Crippen LogP contribution in [0.1, 0.15) is 119 Å². The fraction of sp³-hybridized carbons (Fsp3) is 0.368. The molecule has 0 saturated carbocycles. The van der Waals surface area contributed by atoms with Gasteiger partial charge in [-0.3, -0.25) is 86.9 Å². The minimum absolute atomic E-state index is 0. The fourth-order valence-electron chi connectivity index (χ4n) is 5.73. The third-order valence-electron chi connectivity index (χ3n) is 11.3. The molecule has 102 heavy (non-hydrogen) atoms. The number of carbonyl (C=O) groups is 12. The third kappa shape index (κ3) is 88.3. The van der Waals surface area contributed by atoms with Gasteiger partial charge in [-0.2, -0.15) is 218 Å². The predicted molar refractivity (Wildman–Crippen MR) is 423 cm³/mol. The number of hydrogen-bond donors (Lipinski definition) is 0. The van der Waals surface area contributed by atoms with Crippen molar-refractivity contribution in [3.8, 4) is 0 Å². The number of rotatable bonds is 7. The molecule has 0 unspecified atom stereocenters. The van der Waals surface area contributed by atoms with Gasteiger partial charge >= 0.3 is 63.2 Å². The molecule has 0 N–H and O–H groups in total. The van der Waals surface area contributed by atoms with E-state index in [1.165, 1.54) is 119 Å². The zero-order chi connectivity index (χ0) is 76.4.